The minimum absolute atomic E-state index is 0.544. The zero-order valence-electron chi connectivity index (χ0n) is 21.7. The highest BCUT2D eigenvalue weighted by Gasteiger charge is 2.35. The lowest BCUT2D eigenvalue weighted by Crippen LogP contribution is -2.28. The van der Waals surface area contributed by atoms with Gasteiger partial charge >= 0.3 is 5.97 Å². The van der Waals surface area contributed by atoms with Gasteiger partial charge in [-0.25, -0.2) is 4.79 Å². The molecule has 0 saturated heterocycles. The number of carbonyl (C=O) groups is 1. The Morgan fingerprint density at radius 1 is 0.972 bits per heavy atom. The summed E-state index contributed by atoms with van der Waals surface area (Å²) in [4.78, 5) is 14.9. The van der Waals surface area contributed by atoms with E-state index in [-0.39, 0.29) is 0 Å². The predicted molar refractivity (Wildman–Crippen MR) is 147 cm³/mol. The average molecular weight is 527 g/mol. The van der Waals surface area contributed by atoms with Crippen LogP contribution in [0.2, 0.25) is 10.0 Å². The van der Waals surface area contributed by atoms with Crippen LogP contribution in [0.4, 0.5) is 0 Å². The highest BCUT2D eigenvalue weighted by molar-refractivity contribution is 6.42. The number of nitrogens with zero attached hydrogens (tertiary/aromatic N) is 1. The number of halogens is 2. The van der Waals surface area contributed by atoms with Crippen molar-refractivity contribution >= 4 is 29.2 Å². The predicted octanol–water partition coefficient (Wildman–Crippen LogP) is 8.04. The number of ether oxygens (including phenoxy) is 1. The quantitative estimate of drug-likeness (QED) is 0.353. The maximum atomic E-state index is 12.6. The monoisotopic (exact) mass is 525 g/mol. The molecule has 0 amide bonds. The summed E-state index contributed by atoms with van der Waals surface area (Å²) in [6.07, 6.45) is -1.07. The molecule has 0 spiro atoms. The highest BCUT2D eigenvalue weighted by Crippen LogP contribution is 2.44. The zero-order valence-corrected chi connectivity index (χ0v) is 23.2. The van der Waals surface area contributed by atoms with E-state index in [0.717, 1.165) is 58.6 Å². The van der Waals surface area contributed by atoms with Gasteiger partial charge in [0.2, 0.25) is 0 Å². The van der Waals surface area contributed by atoms with Crippen LogP contribution in [-0.2, 0) is 29.2 Å². The number of aliphatic carboxylic acids is 1. The fourth-order valence-corrected chi connectivity index (χ4v) is 5.42. The number of aryl methyl sites for hydroxylation is 1. The van der Waals surface area contributed by atoms with Gasteiger partial charge in [0.05, 0.1) is 15.6 Å². The molecule has 1 aliphatic heterocycles. The largest absolute Gasteiger partial charge is 0.479 e. The van der Waals surface area contributed by atoms with E-state index >= 15 is 0 Å². The highest BCUT2D eigenvalue weighted by atomic mass is 35.5. The van der Waals surface area contributed by atoms with Gasteiger partial charge in [0.25, 0.3) is 0 Å². The van der Waals surface area contributed by atoms with Crippen molar-refractivity contribution in [3.63, 3.8) is 0 Å². The van der Waals surface area contributed by atoms with E-state index in [4.69, 9.17) is 27.9 Å². The Morgan fingerprint density at radius 2 is 1.58 bits per heavy atom. The maximum absolute atomic E-state index is 12.6. The summed E-state index contributed by atoms with van der Waals surface area (Å²) >= 11 is 12.4. The van der Waals surface area contributed by atoms with E-state index in [1.54, 1.807) is 0 Å². The first-order valence-corrected chi connectivity index (χ1v) is 12.9. The van der Waals surface area contributed by atoms with Crippen LogP contribution in [0.1, 0.15) is 65.8 Å². The van der Waals surface area contributed by atoms with Gasteiger partial charge in [0, 0.05) is 25.2 Å². The van der Waals surface area contributed by atoms with Crippen LogP contribution in [-0.4, -0.2) is 21.6 Å². The van der Waals surface area contributed by atoms with Gasteiger partial charge in [-0.15, -0.1) is 0 Å². The van der Waals surface area contributed by atoms with Crippen LogP contribution < -0.4 is 0 Å². The second kappa shape index (κ2) is 10.2. The Kier molecular flexibility index (Phi) is 7.55. The summed E-state index contributed by atoms with van der Waals surface area (Å²) in [6, 6.07) is 14.0. The minimum Gasteiger partial charge on any atom is -0.479 e. The van der Waals surface area contributed by atoms with Crippen molar-refractivity contribution in [3.8, 4) is 11.1 Å². The zero-order chi connectivity index (χ0) is 26.4. The van der Waals surface area contributed by atoms with Crippen LogP contribution in [0.25, 0.3) is 11.1 Å². The van der Waals surface area contributed by atoms with Crippen LogP contribution in [0.3, 0.4) is 0 Å². The summed E-state index contributed by atoms with van der Waals surface area (Å²) in [6.45, 7) is 14.1. The van der Waals surface area contributed by atoms with Crippen LogP contribution in [0.15, 0.2) is 42.5 Å². The molecule has 0 aromatic heterocycles. The molecule has 0 radical (unpaired) electrons. The Labute approximate surface area is 223 Å². The molecule has 3 aromatic carbocycles. The normalized spacial score (nSPS) is 14.7. The Morgan fingerprint density at radius 3 is 2.14 bits per heavy atom. The molecule has 1 N–H and O–H groups in total. The molecular weight excluding hydrogens is 493 g/mol. The fraction of sp³-hybridized carbons (Fsp3) is 0.367. The number of fused-ring (bicyclic) bond motifs is 1. The van der Waals surface area contributed by atoms with E-state index in [0.29, 0.717) is 10.0 Å². The molecule has 0 saturated carbocycles. The van der Waals surface area contributed by atoms with Crippen molar-refractivity contribution in [1.82, 2.24) is 4.90 Å². The average Bonchev–Trinajstić information content (AvgIpc) is 3.22. The molecule has 3 aromatic rings. The van der Waals surface area contributed by atoms with Gasteiger partial charge in [0.15, 0.2) is 6.10 Å². The smallest absolute Gasteiger partial charge is 0.337 e. The first-order valence-electron chi connectivity index (χ1n) is 12.1. The number of rotatable bonds is 6. The summed E-state index contributed by atoms with van der Waals surface area (Å²) in [7, 11) is 0. The lowest BCUT2D eigenvalue weighted by molar-refractivity contribution is -0.160. The molecule has 0 aliphatic carbocycles. The van der Waals surface area contributed by atoms with Crippen LogP contribution in [0, 0.1) is 20.8 Å². The maximum Gasteiger partial charge on any atom is 0.337 e. The third kappa shape index (κ3) is 5.47. The molecule has 1 atom stereocenters. The summed E-state index contributed by atoms with van der Waals surface area (Å²) < 4.78 is 6.17. The van der Waals surface area contributed by atoms with Crippen molar-refractivity contribution in [2.24, 2.45) is 0 Å². The number of carboxylic acids is 1. The Balaban J connectivity index is 1.84. The standard InChI is InChI=1S/C30H33Cl2NO3/c1-17-7-10-21(11-8-17)26-18(2)22-15-33(14-20-9-12-24(31)25(32)13-20)16-23(22)19(3)27(26)28(29(34)35)36-30(4,5)6/h7-13,28H,14-16H2,1-6H3,(H,34,35). The SMILES string of the molecule is Cc1ccc(-c2c(C)c3c(c(C)c2C(OC(C)(C)C)C(=O)O)CN(Cc2ccc(Cl)c(Cl)c2)C3)cc1. The topological polar surface area (TPSA) is 49.8 Å². The molecule has 0 bridgehead atoms. The molecule has 1 aliphatic rings. The van der Waals surface area contributed by atoms with E-state index in [2.05, 4.69) is 43.0 Å². The molecule has 0 fully saturated rings. The molecule has 1 heterocycles. The second-order valence-electron chi connectivity index (χ2n) is 10.7. The van der Waals surface area contributed by atoms with Crippen molar-refractivity contribution in [2.75, 3.05) is 0 Å². The lowest BCUT2D eigenvalue weighted by atomic mass is 9.83. The van der Waals surface area contributed by atoms with E-state index in [1.807, 2.05) is 45.9 Å². The van der Waals surface area contributed by atoms with Gasteiger partial charge in [-0.1, -0.05) is 59.1 Å². The van der Waals surface area contributed by atoms with Crippen LogP contribution in [0.5, 0.6) is 0 Å². The molecular formula is C30H33Cl2NO3. The Hall–Kier alpha value is -2.37. The molecule has 6 heteroatoms. The minimum atomic E-state index is -1.07. The lowest BCUT2D eigenvalue weighted by Gasteiger charge is -2.30. The molecule has 4 rings (SSSR count). The first kappa shape index (κ1) is 26.7. The van der Waals surface area contributed by atoms with Crippen molar-refractivity contribution in [3.05, 3.63) is 91.5 Å². The molecule has 36 heavy (non-hydrogen) atoms. The van der Waals surface area contributed by atoms with Gasteiger partial charge in [0.1, 0.15) is 0 Å². The van der Waals surface area contributed by atoms with E-state index < -0.39 is 17.7 Å². The van der Waals surface area contributed by atoms with Gasteiger partial charge in [-0.05, 0) is 92.6 Å². The van der Waals surface area contributed by atoms with Gasteiger partial charge < -0.3 is 9.84 Å². The van der Waals surface area contributed by atoms with Crippen molar-refractivity contribution in [2.45, 2.75) is 72.9 Å². The number of benzene rings is 3. The summed E-state index contributed by atoms with van der Waals surface area (Å²) in [5, 5.41) is 11.4. The Bertz CT molecular complexity index is 1310. The molecule has 4 nitrogen and oxygen atoms in total. The van der Waals surface area contributed by atoms with Crippen LogP contribution >= 0.6 is 23.2 Å². The number of carboxylic acid groups (broad SMARTS) is 1. The first-order chi connectivity index (χ1) is 16.9. The van der Waals surface area contributed by atoms with Crippen molar-refractivity contribution < 1.29 is 14.6 Å². The fourth-order valence-electron chi connectivity index (χ4n) is 5.10. The summed E-state index contributed by atoms with van der Waals surface area (Å²) in [5.41, 5.74) is 8.87. The van der Waals surface area contributed by atoms with Gasteiger partial charge in [-0.3, -0.25) is 4.90 Å². The molecule has 190 valence electrons. The van der Waals surface area contributed by atoms with E-state index in [1.165, 1.54) is 11.1 Å². The third-order valence-electron chi connectivity index (χ3n) is 6.77. The number of hydrogen-bond donors (Lipinski definition) is 1. The van der Waals surface area contributed by atoms with Gasteiger partial charge in [-0.2, -0.15) is 0 Å². The van der Waals surface area contributed by atoms with Crippen molar-refractivity contribution in [1.29, 1.82) is 0 Å². The van der Waals surface area contributed by atoms with E-state index in [9.17, 15) is 9.90 Å². The number of hydrogen-bond acceptors (Lipinski definition) is 3. The molecule has 1 unspecified atom stereocenters. The third-order valence-corrected chi connectivity index (χ3v) is 7.51. The second-order valence-corrected chi connectivity index (χ2v) is 11.5. The summed E-state index contributed by atoms with van der Waals surface area (Å²) in [5.74, 6) is -0.980.